The second-order valence-corrected chi connectivity index (χ2v) is 2.52. The van der Waals surface area contributed by atoms with Crippen LogP contribution >= 0.6 is 0 Å². The van der Waals surface area contributed by atoms with Gasteiger partial charge in [-0.3, -0.25) is 0 Å². The third-order valence-electron chi connectivity index (χ3n) is 1.34. The van der Waals surface area contributed by atoms with Gasteiger partial charge in [-0.25, -0.2) is 0 Å². The molecule has 0 fully saturated rings. The number of anilines is 2. The van der Waals surface area contributed by atoms with E-state index in [4.69, 9.17) is 11.5 Å². The number of nitrogens with one attached hydrogen (secondary N) is 1. The van der Waals surface area contributed by atoms with Crippen molar-refractivity contribution < 1.29 is 0 Å². The molecule has 1 aromatic carbocycles. The number of hydrogen-bond donors (Lipinski definition) is 3. The van der Waals surface area contributed by atoms with E-state index in [9.17, 15) is 0 Å². The average molecular weight is 151 g/mol. The highest BCUT2D eigenvalue weighted by Crippen LogP contribution is 2.16. The molecule has 0 radical (unpaired) electrons. The first-order chi connectivity index (χ1) is 5.20. The average Bonchev–Trinajstić information content (AvgIpc) is 1.93. The van der Waals surface area contributed by atoms with Gasteiger partial charge >= 0.3 is 0 Å². The first kappa shape index (κ1) is 7.88. The molecule has 1 rings (SSSR count). The van der Waals surface area contributed by atoms with Crippen LogP contribution in [0.1, 0.15) is 6.92 Å². The van der Waals surface area contributed by atoms with Gasteiger partial charge in [-0.05, 0) is 19.1 Å². The molecular formula is C8H13N3. The van der Waals surface area contributed by atoms with Crippen LogP contribution in [-0.2, 0) is 0 Å². The minimum atomic E-state index is -0.0697. The van der Waals surface area contributed by atoms with E-state index >= 15 is 0 Å². The van der Waals surface area contributed by atoms with Gasteiger partial charge in [-0.2, -0.15) is 0 Å². The van der Waals surface area contributed by atoms with Crippen molar-refractivity contribution in [2.45, 2.75) is 13.1 Å². The highest BCUT2D eigenvalue weighted by molar-refractivity contribution is 5.65. The van der Waals surface area contributed by atoms with Crippen LogP contribution in [0.4, 0.5) is 11.4 Å². The highest BCUT2D eigenvalue weighted by atomic mass is 15.0. The van der Waals surface area contributed by atoms with Crippen LogP contribution in [-0.4, -0.2) is 6.17 Å². The molecule has 1 atom stereocenters. The number of nitrogen functional groups attached to an aromatic ring is 1. The zero-order chi connectivity index (χ0) is 8.27. The molecule has 3 nitrogen and oxygen atoms in total. The number of benzene rings is 1. The third-order valence-corrected chi connectivity index (χ3v) is 1.34. The molecular weight excluding hydrogens is 138 g/mol. The molecule has 0 aliphatic carbocycles. The Bertz CT molecular complexity index is 233. The van der Waals surface area contributed by atoms with Crippen LogP contribution in [0.15, 0.2) is 24.3 Å². The van der Waals surface area contributed by atoms with Crippen LogP contribution < -0.4 is 16.8 Å². The summed E-state index contributed by atoms with van der Waals surface area (Å²) in [7, 11) is 0. The predicted octanol–water partition coefficient (Wildman–Crippen LogP) is 0.985. The highest BCUT2D eigenvalue weighted by Gasteiger charge is 1.97. The molecule has 1 unspecified atom stereocenters. The van der Waals surface area contributed by atoms with Crippen molar-refractivity contribution in [2.75, 3.05) is 11.1 Å². The Labute approximate surface area is 66.4 Å². The lowest BCUT2D eigenvalue weighted by Crippen LogP contribution is -2.25. The van der Waals surface area contributed by atoms with Gasteiger partial charge < -0.3 is 16.8 Å². The number of hydrogen-bond acceptors (Lipinski definition) is 3. The number of para-hydroxylation sites is 2. The Balaban J connectivity index is 2.78. The fourth-order valence-electron chi connectivity index (χ4n) is 0.874. The van der Waals surface area contributed by atoms with E-state index in [0.717, 1.165) is 11.4 Å². The maximum atomic E-state index is 5.65. The predicted molar refractivity (Wildman–Crippen MR) is 48.1 cm³/mol. The molecule has 0 amide bonds. The van der Waals surface area contributed by atoms with Gasteiger partial charge in [0.2, 0.25) is 0 Å². The summed E-state index contributed by atoms with van der Waals surface area (Å²) >= 11 is 0. The van der Waals surface area contributed by atoms with E-state index in [-0.39, 0.29) is 6.17 Å². The molecule has 0 aliphatic rings. The maximum Gasteiger partial charge on any atom is 0.0714 e. The van der Waals surface area contributed by atoms with Crippen molar-refractivity contribution in [3.8, 4) is 0 Å². The van der Waals surface area contributed by atoms with Crippen LogP contribution in [0.5, 0.6) is 0 Å². The van der Waals surface area contributed by atoms with Crippen molar-refractivity contribution in [3.05, 3.63) is 24.3 Å². The van der Waals surface area contributed by atoms with E-state index in [0.29, 0.717) is 0 Å². The summed E-state index contributed by atoms with van der Waals surface area (Å²) in [6, 6.07) is 7.55. The summed E-state index contributed by atoms with van der Waals surface area (Å²) < 4.78 is 0. The second-order valence-electron chi connectivity index (χ2n) is 2.52. The third kappa shape index (κ3) is 2.13. The summed E-state index contributed by atoms with van der Waals surface area (Å²) in [5, 5.41) is 3.03. The van der Waals surface area contributed by atoms with Gasteiger partial charge in [0.25, 0.3) is 0 Å². The molecule has 0 saturated carbocycles. The lowest BCUT2D eigenvalue weighted by atomic mass is 10.2. The SMILES string of the molecule is CC(N)Nc1ccccc1N. The zero-order valence-electron chi connectivity index (χ0n) is 6.54. The van der Waals surface area contributed by atoms with Gasteiger partial charge in [0, 0.05) is 0 Å². The smallest absolute Gasteiger partial charge is 0.0714 e. The lowest BCUT2D eigenvalue weighted by Gasteiger charge is -2.11. The van der Waals surface area contributed by atoms with Crippen LogP contribution in [0.3, 0.4) is 0 Å². The standard InChI is InChI=1S/C8H13N3/c1-6(9)11-8-5-3-2-4-7(8)10/h2-6,11H,9-10H2,1H3. The maximum absolute atomic E-state index is 5.65. The Morgan fingerprint density at radius 1 is 1.36 bits per heavy atom. The zero-order valence-corrected chi connectivity index (χ0v) is 6.54. The van der Waals surface area contributed by atoms with E-state index < -0.39 is 0 Å². The minimum Gasteiger partial charge on any atom is -0.397 e. The molecule has 1 aromatic rings. The molecule has 0 saturated heterocycles. The monoisotopic (exact) mass is 151 g/mol. The largest absolute Gasteiger partial charge is 0.397 e. The molecule has 3 heteroatoms. The van der Waals surface area contributed by atoms with E-state index in [2.05, 4.69) is 5.32 Å². The van der Waals surface area contributed by atoms with Gasteiger partial charge in [0.1, 0.15) is 0 Å². The molecule has 60 valence electrons. The fraction of sp³-hybridized carbons (Fsp3) is 0.250. The molecule has 0 aromatic heterocycles. The van der Waals surface area contributed by atoms with Gasteiger partial charge in [-0.1, -0.05) is 12.1 Å². The summed E-state index contributed by atoms with van der Waals surface area (Å²) in [4.78, 5) is 0. The molecule has 11 heavy (non-hydrogen) atoms. The first-order valence-corrected chi connectivity index (χ1v) is 3.57. The normalized spacial score (nSPS) is 12.5. The quantitative estimate of drug-likeness (QED) is 0.436. The summed E-state index contributed by atoms with van der Waals surface area (Å²) in [5.74, 6) is 0. The van der Waals surface area contributed by atoms with Crippen LogP contribution in [0, 0.1) is 0 Å². The van der Waals surface area contributed by atoms with Crippen molar-refractivity contribution in [1.82, 2.24) is 0 Å². The number of rotatable bonds is 2. The second kappa shape index (κ2) is 3.25. The van der Waals surface area contributed by atoms with Crippen molar-refractivity contribution in [1.29, 1.82) is 0 Å². The van der Waals surface area contributed by atoms with Gasteiger partial charge in [0.15, 0.2) is 0 Å². The van der Waals surface area contributed by atoms with Crippen LogP contribution in [0.25, 0.3) is 0 Å². The summed E-state index contributed by atoms with van der Waals surface area (Å²) in [5.41, 5.74) is 12.8. The Morgan fingerprint density at radius 2 is 2.00 bits per heavy atom. The van der Waals surface area contributed by atoms with E-state index in [1.54, 1.807) is 0 Å². The Morgan fingerprint density at radius 3 is 2.55 bits per heavy atom. The van der Waals surface area contributed by atoms with Gasteiger partial charge in [-0.15, -0.1) is 0 Å². The fourth-order valence-corrected chi connectivity index (χ4v) is 0.874. The molecule has 0 heterocycles. The molecule has 0 aliphatic heterocycles. The van der Waals surface area contributed by atoms with Crippen LogP contribution in [0.2, 0.25) is 0 Å². The topological polar surface area (TPSA) is 64.1 Å². The first-order valence-electron chi connectivity index (χ1n) is 3.57. The van der Waals surface area contributed by atoms with E-state index in [1.807, 2.05) is 31.2 Å². The minimum absolute atomic E-state index is 0.0697. The Hall–Kier alpha value is -1.22. The number of nitrogens with two attached hydrogens (primary N) is 2. The molecule has 0 spiro atoms. The van der Waals surface area contributed by atoms with Crippen molar-refractivity contribution in [3.63, 3.8) is 0 Å². The molecule has 5 N–H and O–H groups in total. The Kier molecular flexibility index (Phi) is 2.33. The van der Waals surface area contributed by atoms with Gasteiger partial charge in [0.05, 0.1) is 17.5 Å². The van der Waals surface area contributed by atoms with Crippen molar-refractivity contribution in [2.24, 2.45) is 5.73 Å². The summed E-state index contributed by atoms with van der Waals surface area (Å²) in [6.45, 7) is 1.87. The van der Waals surface area contributed by atoms with E-state index in [1.165, 1.54) is 0 Å². The van der Waals surface area contributed by atoms with Crippen molar-refractivity contribution >= 4 is 11.4 Å². The summed E-state index contributed by atoms with van der Waals surface area (Å²) in [6.07, 6.45) is -0.0697. The molecule has 0 bridgehead atoms. The lowest BCUT2D eigenvalue weighted by molar-refractivity contribution is 0.852.